The van der Waals surface area contributed by atoms with Crippen molar-refractivity contribution in [3.63, 3.8) is 0 Å². The van der Waals surface area contributed by atoms with Crippen molar-refractivity contribution in [3.05, 3.63) is 65.6 Å². The lowest BCUT2D eigenvalue weighted by atomic mass is 9.95. The Bertz CT molecular complexity index is 1060. The fourth-order valence-electron chi connectivity index (χ4n) is 3.63. The molecule has 3 aromatic rings. The minimum Gasteiger partial charge on any atom is -0.366 e. The Morgan fingerprint density at radius 1 is 1.14 bits per heavy atom. The second-order valence-electron chi connectivity index (χ2n) is 7.26. The number of fused-ring (bicyclic) bond motifs is 1. The standard InChI is InChI=1S/C21H22FN3O3S/c22-16-4-2-15(3-5-16)20-17-6-1-14(11-19(17)24-12-18(20)21(23)26)13-25-7-9-29(27,28)10-8-25/h1-6,11-12,27-28H,7-10,13H2,(H2,23,26). The van der Waals surface area contributed by atoms with Crippen LogP contribution in [0.15, 0.2) is 48.7 Å². The molecular weight excluding hydrogens is 393 g/mol. The molecule has 2 aromatic carbocycles. The molecule has 0 unspecified atom stereocenters. The Morgan fingerprint density at radius 2 is 1.83 bits per heavy atom. The van der Waals surface area contributed by atoms with Crippen LogP contribution in [0.4, 0.5) is 4.39 Å². The van der Waals surface area contributed by atoms with E-state index in [1.54, 1.807) is 12.1 Å². The minimum atomic E-state index is -2.42. The molecule has 0 spiro atoms. The van der Waals surface area contributed by atoms with Crippen molar-refractivity contribution in [2.45, 2.75) is 6.54 Å². The highest BCUT2D eigenvalue weighted by atomic mass is 32.3. The SMILES string of the molecule is NC(=O)c1cnc2cc(CN3CCS(O)(O)CC3)ccc2c1-c1ccc(F)cc1. The highest BCUT2D eigenvalue weighted by Gasteiger charge is 2.22. The van der Waals surface area contributed by atoms with Crippen LogP contribution in [0.25, 0.3) is 22.0 Å². The van der Waals surface area contributed by atoms with Crippen molar-refractivity contribution in [2.24, 2.45) is 5.73 Å². The maximum absolute atomic E-state index is 13.4. The molecule has 0 saturated carbocycles. The molecular formula is C21H22FN3O3S. The molecule has 1 saturated heterocycles. The van der Waals surface area contributed by atoms with Gasteiger partial charge in [0.2, 0.25) is 0 Å². The van der Waals surface area contributed by atoms with Gasteiger partial charge in [-0.25, -0.2) is 4.39 Å². The average Bonchev–Trinajstić information content (AvgIpc) is 2.69. The van der Waals surface area contributed by atoms with Gasteiger partial charge in [-0.2, -0.15) is 10.6 Å². The number of carbonyl (C=O) groups excluding carboxylic acids is 1. The molecule has 0 bridgehead atoms. The van der Waals surface area contributed by atoms with Gasteiger partial charge in [-0.3, -0.25) is 23.8 Å². The van der Waals surface area contributed by atoms with Gasteiger partial charge in [0, 0.05) is 36.8 Å². The minimum absolute atomic E-state index is 0.290. The zero-order valence-electron chi connectivity index (χ0n) is 15.7. The summed E-state index contributed by atoms with van der Waals surface area (Å²) >= 11 is 0. The maximum Gasteiger partial charge on any atom is 0.250 e. The Labute approximate surface area is 169 Å². The van der Waals surface area contributed by atoms with Crippen LogP contribution in [-0.4, -0.2) is 49.5 Å². The number of nitrogens with zero attached hydrogens (tertiary/aromatic N) is 2. The van der Waals surface area contributed by atoms with Gasteiger partial charge in [-0.05, 0) is 29.3 Å². The molecule has 152 valence electrons. The van der Waals surface area contributed by atoms with Crippen LogP contribution in [0.1, 0.15) is 15.9 Å². The van der Waals surface area contributed by atoms with Gasteiger partial charge in [0.1, 0.15) is 5.82 Å². The van der Waals surface area contributed by atoms with Crippen LogP contribution in [0, 0.1) is 5.82 Å². The summed E-state index contributed by atoms with van der Waals surface area (Å²) < 4.78 is 32.9. The molecule has 0 radical (unpaired) electrons. The fourth-order valence-corrected chi connectivity index (χ4v) is 4.94. The normalized spacial score (nSPS) is 17.9. The van der Waals surface area contributed by atoms with Crippen LogP contribution in [0.5, 0.6) is 0 Å². The largest absolute Gasteiger partial charge is 0.366 e. The zero-order chi connectivity index (χ0) is 20.6. The lowest BCUT2D eigenvalue weighted by Crippen LogP contribution is -2.37. The summed E-state index contributed by atoms with van der Waals surface area (Å²) in [6.45, 7) is 1.95. The third kappa shape index (κ3) is 4.25. The van der Waals surface area contributed by atoms with Gasteiger partial charge in [0.15, 0.2) is 0 Å². The van der Waals surface area contributed by atoms with E-state index >= 15 is 0 Å². The van der Waals surface area contributed by atoms with Crippen molar-refractivity contribution in [2.75, 3.05) is 24.6 Å². The van der Waals surface area contributed by atoms with E-state index in [0.717, 1.165) is 10.9 Å². The number of benzene rings is 2. The quantitative estimate of drug-likeness (QED) is 0.603. The zero-order valence-corrected chi connectivity index (χ0v) is 16.5. The van der Waals surface area contributed by atoms with Crippen molar-refractivity contribution in [1.29, 1.82) is 0 Å². The lowest BCUT2D eigenvalue weighted by Gasteiger charge is -2.41. The number of hydrogen-bond donors (Lipinski definition) is 3. The number of amides is 1. The Hall–Kier alpha value is -2.52. The van der Waals surface area contributed by atoms with Crippen LogP contribution >= 0.6 is 10.6 Å². The summed E-state index contributed by atoms with van der Waals surface area (Å²) in [6, 6.07) is 11.8. The number of aromatic nitrogens is 1. The van der Waals surface area contributed by atoms with Crippen LogP contribution < -0.4 is 5.73 Å². The average molecular weight is 415 g/mol. The first-order valence-electron chi connectivity index (χ1n) is 9.26. The van der Waals surface area contributed by atoms with Gasteiger partial charge in [-0.1, -0.05) is 24.3 Å². The van der Waals surface area contributed by atoms with Gasteiger partial charge in [0.25, 0.3) is 5.91 Å². The molecule has 4 rings (SSSR count). The topological polar surface area (TPSA) is 99.7 Å². The molecule has 4 N–H and O–H groups in total. The maximum atomic E-state index is 13.4. The van der Waals surface area contributed by atoms with E-state index in [-0.39, 0.29) is 11.4 Å². The molecule has 0 atom stereocenters. The molecule has 1 fully saturated rings. The summed E-state index contributed by atoms with van der Waals surface area (Å²) in [5.41, 5.74) is 8.93. The number of primary amides is 1. The first-order valence-corrected chi connectivity index (χ1v) is 11.1. The van der Waals surface area contributed by atoms with Gasteiger partial charge in [-0.15, -0.1) is 0 Å². The van der Waals surface area contributed by atoms with Crippen molar-refractivity contribution >= 4 is 27.4 Å². The van der Waals surface area contributed by atoms with E-state index in [2.05, 4.69) is 9.88 Å². The predicted molar refractivity (Wildman–Crippen MR) is 114 cm³/mol. The van der Waals surface area contributed by atoms with E-state index in [4.69, 9.17) is 5.73 Å². The van der Waals surface area contributed by atoms with E-state index in [1.807, 2.05) is 18.2 Å². The van der Waals surface area contributed by atoms with Crippen LogP contribution in [0.2, 0.25) is 0 Å². The smallest absolute Gasteiger partial charge is 0.250 e. The van der Waals surface area contributed by atoms with E-state index in [0.29, 0.717) is 47.8 Å². The number of rotatable bonds is 4. The summed E-state index contributed by atoms with van der Waals surface area (Å²) in [5, 5.41) is 0.768. The van der Waals surface area contributed by atoms with E-state index < -0.39 is 16.5 Å². The summed E-state index contributed by atoms with van der Waals surface area (Å²) in [6.07, 6.45) is 1.46. The molecule has 8 heteroatoms. The molecule has 1 amide bonds. The Kier molecular flexibility index (Phi) is 5.26. The Balaban J connectivity index is 1.70. The highest BCUT2D eigenvalue weighted by molar-refractivity contribution is 8.24. The number of nitrogens with two attached hydrogens (primary N) is 1. The molecule has 0 aliphatic carbocycles. The van der Waals surface area contributed by atoms with Gasteiger partial charge < -0.3 is 5.73 Å². The molecule has 1 aliphatic rings. The summed E-state index contributed by atoms with van der Waals surface area (Å²) in [4.78, 5) is 18.5. The monoisotopic (exact) mass is 415 g/mol. The third-order valence-electron chi connectivity index (χ3n) is 5.21. The first-order chi connectivity index (χ1) is 13.8. The van der Waals surface area contributed by atoms with Crippen LogP contribution in [0.3, 0.4) is 0 Å². The number of carbonyl (C=O) groups is 1. The lowest BCUT2D eigenvalue weighted by molar-refractivity contribution is 0.100. The van der Waals surface area contributed by atoms with Gasteiger partial charge >= 0.3 is 0 Å². The van der Waals surface area contributed by atoms with Gasteiger partial charge in [0.05, 0.1) is 22.6 Å². The molecule has 6 nitrogen and oxygen atoms in total. The van der Waals surface area contributed by atoms with Crippen molar-refractivity contribution < 1.29 is 18.3 Å². The second-order valence-corrected chi connectivity index (χ2v) is 9.68. The predicted octanol–water partition coefficient (Wildman–Crippen LogP) is 3.71. The van der Waals surface area contributed by atoms with Crippen LogP contribution in [-0.2, 0) is 6.54 Å². The molecule has 1 aromatic heterocycles. The van der Waals surface area contributed by atoms with E-state index in [9.17, 15) is 18.3 Å². The molecule has 29 heavy (non-hydrogen) atoms. The summed E-state index contributed by atoms with van der Waals surface area (Å²) in [7, 11) is -2.42. The first kappa shape index (κ1) is 19.8. The Morgan fingerprint density at radius 3 is 2.48 bits per heavy atom. The van der Waals surface area contributed by atoms with E-state index in [1.165, 1.54) is 18.3 Å². The highest BCUT2D eigenvalue weighted by Crippen LogP contribution is 2.40. The van der Waals surface area contributed by atoms with Crippen molar-refractivity contribution in [1.82, 2.24) is 9.88 Å². The number of halogens is 1. The fraction of sp³-hybridized carbons (Fsp3) is 0.238. The number of pyridine rings is 1. The third-order valence-corrected chi connectivity index (χ3v) is 6.88. The molecule has 2 heterocycles. The van der Waals surface area contributed by atoms with Crippen molar-refractivity contribution in [3.8, 4) is 11.1 Å². The molecule has 1 aliphatic heterocycles. The second kappa shape index (κ2) is 7.72. The number of hydrogen-bond acceptors (Lipinski definition) is 5. The summed E-state index contributed by atoms with van der Waals surface area (Å²) in [5.74, 6) is -0.145.